The molecule has 0 bridgehead atoms. The van der Waals surface area contributed by atoms with Crippen LogP contribution in [-0.2, 0) is 27.1 Å². The van der Waals surface area contributed by atoms with Gasteiger partial charge in [-0.25, -0.2) is 17.9 Å². The lowest BCUT2D eigenvalue weighted by atomic mass is 10.1. The molecule has 0 unspecified atom stereocenters. The Morgan fingerprint density at radius 1 is 1.03 bits per heavy atom. The van der Waals surface area contributed by atoms with Gasteiger partial charge in [-0.15, -0.1) is 11.8 Å². The van der Waals surface area contributed by atoms with E-state index >= 15 is 0 Å². The molecular formula is C19H24N4O4S2. The van der Waals surface area contributed by atoms with Crippen LogP contribution in [0.5, 0.6) is 0 Å². The van der Waals surface area contributed by atoms with E-state index < -0.39 is 10.0 Å². The zero-order valence-electron chi connectivity index (χ0n) is 16.0. The highest BCUT2D eigenvalue weighted by Crippen LogP contribution is 2.27. The Bertz CT molecular complexity index is 947. The lowest BCUT2D eigenvalue weighted by Gasteiger charge is -2.12. The maximum absolute atomic E-state index is 12.2. The van der Waals surface area contributed by atoms with Crippen LogP contribution in [0.1, 0.15) is 17.5 Å². The molecular weight excluding hydrogens is 412 g/mol. The van der Waals surface area contributed by atoms with Gasteiger partial charge in [0.2, 0.25) is 15.9 Å². The smallest absolute Gasteiger partial charge is 0.319 e. The Balaban J connectivity index is 1.88. The third-order valence-electron chi connectivity index (χ3n) is 3.89. The van der Waals surface area contributed by atoms with E-state index in [0.29, 0.717) is 23.5 Å². The highest BCUT2D eigenvalue weighted by Gasteiger charge is 2.09. The monoisotopic (exact) mass is 436 g/mol. The van der Waals surface area contributed by atoms with Crippen molar-refractivity contribution in [3.63, 3.8) is 0 Å². The van der Waals surface area contributed by atoms with Crippen molar-refractivity contribution in [1.29, 1.82) is 0 Å². The van der Waals surface area contributed by atoms with Gasteiger partial charge in [-0.3, -0.25) is 4.79 Å². The van der Waals surface area contributed by atoms with Crippen molar-refractivity contribution < 1.29 is 18.0 Å². The second kappa shape index (κ2) is 10.8. The first-order valence-corrected chi connectivity index (χ1v) is 11.5. The third kappa shape index (κ3) is 8.14. The first-order chi connectivity index (χ1) is 13.8. The van der Waals surface area contributed by atoms with Gasteiger partial charge in [0.05, 0.1) is 11.4 Å². The third-order valence-corrected chi connectivity index (χ3v) is 6.30. The Hall–Kier alpha value is -2.56. The van der Waals surface area contributed by atoms with E-state index in [-0.39, 0.29) is 24.1 Å². The van der Waals surface area contributed by atoms with Crippen molar-refractivity contribution in [1.82, 2.24) is 10.0 Å². The number of carbonyl (C=O) groups is 2. The summed E-state index contributed by atoms with van der Waals surface area (Å²) >= 11 is 1.44. The molecule has 2 rings (SSSR count). The SMILES string of the molecule is CNS(=O)(=O)Cc1ccc(CNC(=O)Nc2ccccc2SCCC(N)=O)cc1. The average Bonchev–Trinajstić information content (AvgIpc) is 2.68. The van der Waals surface area contributed by atoms with Crippen molar-refractivity contribution in [2.24, 2.45) is 5.73 Å². The predicted molar refractivity (Wildman–Crippen MR) is 115 cm³/mol. The number of amides is 3. The fourth-order valence-electron chi connectivity index (χ4n) is 2.35. The van der Waals surface area contributed by atoms with Gasteiger partial charge in [0.15, 0.2) is 0 Å². The molecule has 8 nitrogen and oxygen atoms in total. The standard InChI is InChI=1S/C19H24N4O4S2/c1-21-29(26,27)13-15-8-6-14(7-9-15)12-22-19(25)23-16-4-2-3-5-17(16)28-11-10-18(20)24/h2-9,21H,10-13H2,1H3,(H2,20,24)(H2,22,23,25). The molecule has 3 amide bonds. The van der Waals surface area contributed by atoms with E-state index in [1.807, 2.05) is 18.2 Å². The second-order valence-electron chi connectivity index (χ2n) is 6.15. The van der Waals surface area contributed by atoms with Gasteiger partial charge in [0.25, 0.3) is 0 Å². The zero-order chi connectivity index (χ0) is 21.3. The first kappa shape index (κ1) is 22.7. The lowest BCUT2D eigenvalue weighted by molar-refractivity contribution is -0.117. The van der Waals surface area contributed by atoms with E-state index in [0.717, 1.165) is 10.5 Å². The summed E-state index contributed by atoms with van der Waals surface area (Å²) in [6.45, 7) is 0.294. The average molecular weight is 437 g/mol. The van der Waals surface area contributed by atoms with Crippen LogP contribution < -0.4 is 21.1 Å². The van der Waals surface area contributed by atoms with Gasteiger partial charge >= 0.3 is 6.03 Å². The highest BCUT2D eigenvalue weighted by atomic mass is 32.2. The van der Waals surface area contributed by atoms with Crippen LogP contribution >= 0.6 is 11.8 Å². The maximum Gasteiger partial charge on any atom is 0.319 e. The molecule has 0 radical (unpaired) electrons. The fourth-order valence-corrected chi connectivity index (χ4v) is 4.10. The van der Waals surface area contributed by atoms with Gasteiger partial charge in [-0.1, -0.05) is 36.4 Å². The number of anilines is 1. The van der Waals surface area contributed by atoms with Crippen LogP contribution in [-0.4, -0.2) is 33.2 Å². The molecule has 0 fully saturated rings. The summed E-state index contributed by atoms with van der Waals surface area (Å²) < 4.78 is 25.4. The largest absolute Gasteiger partial charge is 0.370 e. The number of hydrogen-bond acceptors (Lipinski definition) is 5. The summed E-state index contributed by atoms with van der Waals surface area (Å²) in [5, 5.41) is 5.56. The van der Waals surface area contributed by atoms with Crippen molar-refractivity contribution in [2.45, 2.75) is 23.6 Å². The fraction of sp³-hybridized carbons (Fsp3) is 0.263. The topological polar surface area (TPSA) is 130 Å². The lowest BCUT2D eigenvalue weighted by Crippen LogP contribution is -2.28. The minimum absolute atomic E-state index is 0.0953. The number of urea groups is 1. The molecule has 0 aliphatic heterocycles. The minimum Gasteiger partial charge on any atom is -0.370 e. The van der Waals surface area contributed by atoms with E-state index in [4.69, 9.17) is 5.73 Å². The Morgan fingerprint density at radius 3 is 2.34 bits per heavy atom. The number of hydrogen-bond donors (Lipinski definition) is 4. The molecule has 0 aliphatic rings. The summed E-state index contributed by atoms with van der Waals surface area (Å²) in [5.41, 5.74) is 7.30. The maximum atomic E-state index is 12.2. The summed E-state index contributed by atoms with van der Waals surface area (Å²) in [7, 11) is -1.94. The molecule has 0 atom stereocenters. The number of nitrogens with two attached hydrogens (primary N) is 1. The predicted octanol–water partition coefficient (Wildman–Crippen LogP) is 2.02. The van der Waals surface area contributed by atoms with Crippen LogP contribution in [0, 0.1) is 0 Å². The highest BCUT2D eigenvalue weighted by molar-refractivity contribution is 7.99. The van der Waals surface area contributed by atoms with Gasteiger partial charge in [0.1, 0.15) is 0 Å². The number of primary amides is 1. The van der Waals surface area contributed by atoms with Crippen LogP contribution in [0.3, 0.4) is 0 Å². The second-order valence-corrected chi connectivity index (χ2v) is 9.21. The van der Waals surface area contributed by atoms with E-state index in [1.54, 1.807) is 30.3 Å². The molecule has 0 saturated carbocycles. The first-order valence-electron chi connectivity index (χ1n) is 8.83. The van der Waals surface area contributed by atoms with Crippen molar-refractivity contribution >= 4 is 39.4 Å². The van der Waals surface area contributed by atoms with Gasteiger partial charge < -0.3 is 16.4 Å². The van der Waals surface area contributed by atoms with Crippen LogP contribution in [0.15, 0.2) is 53.4 Å². The quantitative estimate of drug-likeness (QED) is 0.423. The summed E-state index contributed by atoms with van der Waals surface area (Å²) in [6, 6.07) is 13.9. The molecule has 0 spiro atoms. The minimum atomic E-state index is -3.32. The van der Waals surface area contributed by atoms with Crippen molar-refractivity contribution in [2.75, 3.05) is 18.1 Å². The molecule has 0 aromatic heterocycles. The molecule has 0 saturated heterocycles. The summed E-state index contributed by atoms with van der Waals surface area (Å²) in [6.07, 6.45) is 0.261. The molecule has 2 aromatic rings. The normalized spacial score (nSPS) is 11.1. The molecule has 10 heteroatoms. The molecule has 2 aromatic carbocycles. The van der Waals surface area contributed by atoms with Gasteiger partial charge in [-0.2, -0.15) is 0 Å². The number of para-hydroxylation sites is 1. The van der Waals surface area contributed by atoms with E-state index in [1.165, 1.54) is 18.8 Å². The molecule has 0 aliphatic carbocycles. The summed E-state index contributed by atoms with van der Waals surface area (Å²) in [5.74, 6) is 0.0722. The van der Waals surface area contributed by atoms with Crippen molar-refractivity contribution in [3.8, 4) is 0 Å². The summed E-state index contributed by atoms with van der Waals surface area (Å²) in [4.78, 5) is 23.9. The number of carbonyl (C=O) groups excluding carboxylic acids is 2. The van der Waals surface area contributed by atoms with E-state index in [2.05, 4.69) is 15.4 Å². The molecule has 5 N–H and O–H groups in total. The van der Waals surface area contributed by atoms with Crippen molar-refractivity contribution in [3.05, 3.63) is 59.7 Å². The van der Waals surface area contributed by atoms with E-state index in [9.17, 15) is 18.0 Å². The van der Waals surface area contributed by atoms with Gasteiger partial charge in [0, 0.05) is 23.6 Å². The molecule has 156 valence electrons. The van der Waals surface area contributed by atoms with Gasteiger partial charge in [-0.05, 0) is 30.3 Å². The molecule has 29 heavy (non-hydrogen) atoms. The number of rotatable bonds is 10. The Morgan fingerprint density at radius 2 is 1.69 bits per heavy atom. The molecule has 0 heterocycles. The van der Waals surface area contributed by atoms with Crippen LogP contribution in [0.2, 0.25) is 0 Å². The zero-order valence-corrected chi connectivity index (χ0v) is 17.6. The Kier molecular flexibility index (Phi) is 8.50. The Labute approximate surface area is 174 Å². The number of benzene rings is 2. The van der Waals surface area contributed by atoms with Crippen LogP contribution in [0.4, 0.5) is 10.5 Å². The van der Waals surface area contributed by atoms with Crippen LogP contribution in [0.25, 0.3) is 0 Å². The number of sulfonamides is 1. The number of nitrogens with one attached hydrogen (secondary N) is 3. The number of thioether (sulfide) groups is 1.